The molecular formula is C27H40F3N3O2. The molecule has 8 heteroatoms. The van der Waals surface area contributed by atoms with E-state index in [4.69, 9.17) is 0 Å². The summed E-state index contributed by atoms with van der Waals surface area (Å²) < 4.78 is 39.7. The van der Waals surface area contributed by atoms with E-state index in [2.05, 4.69) is 15.2 Å². The average Bonchev–Trinajstić information content (AvgIpc) is 3.18. The Kier molecular flexibility index (Phi) is 8.58. The first kappa shape index (κ1) is 27.5. The zero-order valence-electron chi connectivity index (χ0n) is 21.6. The van der Waals surface area contributed by atoms with Crippen molar-refractivity contribution in [2.75, 3.05) is 26.2 Å². The number of amides is 1. The minimum atomic E-state index is -4.34. The van der Waals surface area contributed by atoms with Crippen LogP contribution in [0.25, 0.3) is 10.9 Å². The third-order valence-electron chi connectivity index (χ3n) is 7.55. The highest BCUT2D eigenvalue weighted by atomic mass is 19.4. The Morgan fingerprint density at radius 3 is 2.60 bits per heavy atom. The van der Waals surface area contributed by atoms with Crippen molar-refractivity contribution in [3.8, 4) is 0 Å². The number of benzene rings is 1. The van der Waals surface area contributed by atoms with Crippen LogP contribution >= 0.6 is 0 Å². The Labute approximate surface area is 206 Å². The third-order valence-corrected chi connectivity index (χ3v) is 7.55. The molecule has 1 aromatic carbocycles. The smallest absolute Gasteiger partial charge is 0.394 e. The quantitative estimate of drug-likeness (QED) is 0.518. The lowest BCUT2D eigenvalue weighted by Crippen LogP contribution is -2.47. The number of likely N-dealkylation sites (tertiary alicyclic amines) is 1. The summed E-state index contributed by atoms with van der Waals surface area (Å²) in [5.41, 5.74) is 1.78. The standard InChI is InChI=1S/C25H34F3N3O2.C2H6/c1-15(14-32)29-23(33)24(2,3)7-9-31-8-6-16-11-22-19(10-17(16)13-31)20-12-18(25(26,27)28)4-5-21(20)30-22;1-2/h4-5,12,15-17,30,32H,6-11,13-14H2,1-3H3,(H,29,33);1-2H3. The van der Waals surface area contributed by atoms with Crippen LogP contribution in [0.15, 0.2) is 18.2 Å². The topological polar surface area (TPSA) is 68.4 Å². The number of aliphatic hydroxyl groups excluding tert-OH is 1. The molecule has 1 aliphatic heterocycles. The number of nitrogens with zero attached hydrogens (tertiary/aromatic N) is 1. The zero-order valence-corrected chi connectivity index (χ0v) is 21.6. The Morgan fingerprint density at radius 1 is 1.23 bits per heavy atom. The predicted molar refractivity (Wildman–Crippen MR) is 133 cm³/mol. The number of rotatable bonds is 6. The first-order valence-electron chi connectivity index (χ1n) is 12.8. The van der Waals surface area contributed by atoms with Crippen LogP contribution < -0.4 is 5.32 Å². The van der Waals surface area contributed by atoms with E-state index in [9.17, 15) is 23.1 Å². The van der Waals surface area contributed by atoms with E-state index in [1.165, 1.54) is 6.07 Å². The monoisotopic (exact) mass is 495 g/mol. The van der Waals surface area contributed by atoms with Gasteiger partial charge in [0.1, 0.15) is 0 Å². The SMILES string of the molecule is CC.CC(CO)NC(=O)C(C)(C)CCN1CCC2Cc3[nH]c4ccc(C(F)(F)F)cc4c3CC2C1. The number of aliphatic hydroxyl groups is 1. The number of aromatic amines is 1. The van der Waals surface area contributed by atoms with E-state index < -0.39 is 17.2 Å². The summed E-state index contributed by atoms with van der Waals surface area (Å²) in [4.78, 5) is 18.3. The van der Waals surface area contributed by atoms with Crippen molar-refractivity contribution in [2.24, 2.45) is 17.3 Å². The molecule has 2 aromatic rings. The molecule has 1 aromatic heterocycles. The number of hydrogen-bond acceptors (Lipinski definition) is 3. The molecule has 0 bridgehead atoms. The van der Waals surface area contributed by atoms with Gasteiger partial charge < -0.3 is 20.3 Å². The predicted octanol–water partition coefficient (Wildman–Crippen LogP) is 5.16. The van der Waals surface area contributed by atoms with Crippen LogP contribution in [0.2, 0.25) is 0 Å². The van der Waals surface area contributed by atoms with E-state index >= 15 is 0 Å². The molecule has 0 spiro atoms. The van der Waals surface area contributed by atoms with E-state index in [-0.39, 0.29) is 18.6 Å². The maximum atomic E-state index is 13.2. The molecule has 2 heterocycles. The van der Waals surface area contributed by atoms with Crippen molar-refractivity contribution in [3.05, 3.63) is 35.0 Å². The van der Waals surface area contributed by atoms with Gasteiger partial charge in [0.2, 0.25) is 5.91 Å². The average molecular weight is 496 g/mol. The maximum Gasteiger partial charge on any atom is 0.416 e. The number of aromatic nitrogens is 1. The number of hydrogen-bond donors (Lipinski definition) is 3. The Morgan fingerprint density at radius 2 is 1.94 bits per heavy atom. The molecule has 1 fully saturated rings. The molecule has 1 aliphatic carbocycles. The minimum Gasteiger partial charge on any atom is -0.394 e. The van der Waals surface area contributed by atoms with Crippen molar-refractivity contribution in [2.45, 2.75) is 72.5 Å². The van der Waals surface area contributed by atoms with Gasteiger partial charge in [-0.05, 0) is 81.3 Å². The number of H-pyrrole nitrogens is 1. The fourth-order valence-electron chi connectivity index (χ4n) is 5.29. The summed E-state index contributed by atoms with van der Waals surface area (Å²) in [5, 5.41) is 12.7. The normalized spacial score (nSPS) is 21.5. The van der Waals surface area contributed by atoms with Crippen molar-refractivity contribution >= 4 is 16.8 Å². The van der Waals surface area contributed by atoms with E-state index in [1.807, 2.05) is 27.7 Å². The second-order valence-corrected chi connectivity index (χ2v) is 10.5. The third kappa shape index (κ3) is 6.20. The first-order valence-corrected chi connectivity index (χ1v) is 12.8. The van der Waals surface area contributed by atoms with Gasteiger partial charge in [-0.2, -0.15) is 13.2 Å². The molecule has 35 heavy (non-hydrogen) atoms. The van der Waals surface area contributed by atoms with Gasteiger partial charge in [0.05, 0.1) is 12.2 Å². The fraction of sp³-hybridized carbons (Fsp3) is 0.667. The van der Waals surface area contributed by atoms with Gasteiger partial charge in [0.25, 0.3) is 0 Å². The first-order chi connectivity index (χ1) is 16.5. The Balaban J connectivity index is 0.00000167. The molecule has 0 saturated carbocycles. The lowest BCUT2D eigenvalue weighted by atomic mass is 9.73. The van der Waals surface area contributed by atoms with Crippen LogP contribution in [0.1, 0.15) is 64.3 Å². The van der Waals surface area contributed by atoms with Crippen molar-refractivity contribution < 1.29 is 23.1 Å². The van der Waals surface area contributed by atoms with Crippen LogP contribution in [-0.2, 0) is 23.8 Å². The van der Waals surface area contributed by atoms with Gasteiger partial charge in [-0.25, -0.2) is 0 Å². The van der Waals surface area contributed by atoms with Gasteiger partial charge in [0, 0.05) is 34.6 Å². The summed E-state index contributed by atoms with van der Waals surface area (Å²) in [6.07, 6.45) is -0.902. The highest BCUT2D eigenvalue weighted by molar-refractivity contribution is 5.86. The highest BCUT2D eigenvalue weighted by Gasteiger charge is 2.37. The van der Waals surface area contributed by atoms with E-state index in [1.54, 1.807) is 13.0 Å². The Hall–Kier alpha value is -2.06. The van der Waals surface area contributed by atoms with Crippen LogP contribution in [0, 0.1) is 17.3 Å². The summed E-state index contributed by atoms with van der Waals surface area (Å²) >= 11 is 0. The molecule has 3 atom stereocenters. The number of alkyl halides is 3. The minimum absolute atomic E-state index is 0.0551. The molecule has 5 nitrogen and oxygen atoms in total. The number of halogens is 3. The number of carbonyl (C=O) groups is 1. The largest absolute Gasteiger partial charge is 0.416 e. The molecule has 0 radical (unpaired) electrons. The van der Waals surface area contributed by atoms with Gasteiger partial charge >= 0.3 is 6.18 Å². The van der Waals surface area contributed by atoms with Gasteiger partial charge in [-0.1, -0.05) is 27.7 Å². The summed E-state index contributed by atoms with van der Waals surface area (Å²) in [5.74, 6) is 0.886. The van der Waals surface area contributed by atoms with Gasteiger partial charge in [-0.3, -0.25) is 4.79 Å². The van der Waals surface area contributed by atoms with Gasteiger partial charge in [-0.15, -0.1) is 0 Å². The lowest BCUT2D eigenvalue weighted by molar-refractivity contribution is -0.137. The number of piperidine rings is 1. The molecule has 196 valence electrons. The molecular weight excluding hydrogens is 455 g/mol. The van der Waals surface area contributed by atoms with Crippen LogP contribution in [0.5, 0.6) is 0 Å². The second-order valence-electron chi connectivity index (χ2n) is 10.5. The Bertz CT molecular complexity index is 1020. The highest BCUT2D eigenvalue weighted by Crippen LogP contribution is 2.40. The molecule has 1 saturated heterocycles. The molecule has 1 amide bonds. The summed E-state index contributed by atoms with van der Waals surface area (Å²) in [7, 11) is 0. The molecule has 3 N–H and O–H groups in total. The summed E-state index contributed by atoms with van der Waals surface area (Å²) in [6.45, 7) is 12.2. The summed E-state index contributed by atoms with van der Waals surface area (Å²) in [6, 6.07) is 3.73. The number of nitrogens with one attached hydrogen (secondary N) is 2. The van der Waals surface area contributed by atoms with Crippen molar-refractivity contribution in [1.82, 2.24) is 15.2 Å². The second kappa shape index (κ2) is 10.9. The number of fused-ring (bicyclic) bond motifs is 4. The van der Waals surface area contributed by atoms with Crippen molar-refractivity contribution in [1.29, 1.82) is 0 Å². The maximum absolute atomic E-state index is 13.2. The van der Waals surface area contributed by atoms with Crippen LogP contribution in [0.3, 0.4) is 0 Å². The van der Waals surface area contributed by atoms with Gasteiger partial charge in [0.15, 0.2) is 0 Å². The molecule has 3 unspecified atom stereocenters. The molecule has 4 rings (SSSR count). The van der Waals surface area contributed by atoms with Crippen LogP contribution in [-0.4, -0.2) is 53.2 Å². The van der Waals surface area contributed by atoms with Crippen LogP contribution in [0.4, 0.5) is 13.2 Å². The molecule has 2 aliphatic rings. The lowest BCUT2D eigenvalue weighted by Gasteiger charge is -2.42. The number of carbonyl (C=O) groups excluding carboxylic acids is 1. The van der Waals surface area contributed by atoms with Crippen molar-refractivity contribution in [3.63, 3.8) is 0 Å². The fourth-order valence-corrected chi connectivity index (χ4v) is 5.29. The zero-order chi connectivity index (χ0) is 26.0. The van der Waals surface area contributed by atoms with E-state index in [0.29, 0.717) is 23.6 Å². The van der Waals surface area contributed by atoms with E-state index in [0.717, 1.165) is 61.7 Å².